The molecule has 66 valence electrons. The Hall–Kier alpha value is -0.960. The van der Waals surface area contributed by atoms with E-state index in [4.69, 9.17) is 0 Å². The van der Waals surface area contributed by atoms with Crippen LogP contribution < -0.4 is 5.32 Å². The van der Waals surface area contributed by atoms with Crippen molar-refractivity contribution in [3.8, 4) is 0 Å². The summed E-state index contributed by atoms with van der Waals surface area (Å²) in [4.78, 5) is 8.30. The van der Waals surface area contributed by atoms with E-state index in [2.05, 4.69) is 22.2 Å². The molecule has 1 rings (SSSR count). The summed E-state index contributed by atoms with van der Waals surface area (Å²) in [5, 5.41) is 3.29. The molecule has 0 saturated heterocycles. The van der Waals surface area contributed by atoms with Crippen LogP contribution in [0.25, 0.3) is 0 Å². The lowest BCUT2D eigenvalue weighted by atomic mass is 10.4. The van der Waals surface area contributed by atoms with Gasteiger partial charge in [0, 0.05) is 12.7 Å². The molecular formula is C9H15N3. The van der Waals surface area contributed by atoms with Crippen LogP contribution in [-0.4, -0.2) is 16.5 Å². The molecule has 0 bridgehead atoms. The van der Waals surface area contributed by atoms with Crippen LogP contribution in [0.5, 0.6) is 0 Å². The molecule has 0 amide bonds. The van der Waals surface area contributed by atoms with E-state index >= 15 is 0 Å². The first-order chi connectivity index (χ1) is 5.83. The van der Waals surface area contributed by atoms with E-state index in [0.29, 0.717) is 0 Å². The summed E-state index contributed by atoms with van der Waals surface area (Å²) in [5.41, 5.74) is 1.07. The average molecular weight is 165 g/mol. The second kappa shape index (κ2) is 4.83. The summed E-state index contributed by atoms with van der Waals surface area (Å²) in [6.07, 6.45) is 2.95. The molecule has 0 fully saturated rings. The fourth-order valence-corrected chi connectivity index (χ4v) is 0.997. The topological polar surface area (TPSA) is 37.8 Å². The molecule has 3 nitrogen and oxygen atoms in total. The van der Waals surface area contributed by atoms with Gasteiger partial charge in [-0.1, -0.05) is 6.92 Å². The van der Waals surface area contributed by atoms with Crippen LogP contribution in [0, 0.1) is 6.92 Å². The van der Waals surface area contributed by atoms with Gasteiger partial charge in [-0.25, -0.2) is 9.97 Å². The molecule has 1 aromatic heterocycles. The normalized spacial score (nSPS) is 10.2. The molecule has 0 aliphatic heterocycles. The quantitative estimate of drug-likeness (QED) is 0.683. The van der Waals surface area contributed by atoms with Gasteiger partial charge < -0.3 is 5.32 Å². The summed E-state index contributed by atoms with van der Waals surface area (Å²) in [5.74, 6) is 0.839. The molecule has 0 atom stereocenters. The van der Waals surface area contributed by atoms with Gasteiger partial charge in [0.05, 0.1) is 5.69 Å². The van der Waals surface area contributed by atoms with Gasteiger partial charge in [0.2, 0.25) is 0 Å². The van der Waals surface area contributed by atoms with Gasteiger partial charge in [0.15, 0.2) is 0 Å². The van der Waals surface area contributed by atoms with Crippen molar-refractivity contribution in [3.05, 3.63) is 23.8 Å². The minimum absolute atomic E-state index is 0.839. The standard InChI is InChI=1S/C9H15N3/c1-3-5-10-7-9-4-6-11-8(2)12-9/h4,6,10H,3,5,7H2,1-2H3. The molecule has 12 heavy (non-hydrogen) atoms. The highest BCUT2D eigenvalue weighted by atomic mass is 14.9. The van der Waals surface area contributed by atoms with E-state index in [0.717, 1.165) is 31.0 Å². The van der Waals surface area contributed by atoms with Gasteiger partial charge in [0.1, 0.15) is 5.82 Å². The molecule has 1 aromatic rings. The van der Waals surface area contributed by atoms with Crippen molar-refractivity contribution < 1.29 is 0 Å². The summed E-state index contributed by atoms with van der Waals surface area (Å²) in [6, 6.07) is 1.94. The number of rotatable bonds is 4. The van der Waals surface area contributed by atoms with Crippen LogP contribution in [-0.2, 0) is 6.54 Å². The molecule has 3 heteroatoms. The Morgan fingerprint density at radius 3 is 3.00 bits per heavy atom. The highest BCUT2D eigenvalue weighted by Gasteiger charge is 1.93. The SMILES string of the molecule is CCCNCc1ccnc(C)n1. The zero-order valence-electron chi connectivity index (χ0n) is 7.67. The van der Waals surface area contributed by atoms with Crippen molar-refractivity contribution in [2.45, 2.75) is 26.8 Å². The highest BCUT2D eigenvalue weighted by molar-refractivity contribution is 5.00. The van der Waals surface area contributed by atoms with Crippen LogP contribution in [0.4, 0.5) is 0 Å². The first-order valence-electron chi connectivity index (χ1n) is 4.32. The third-order valence-electron chi connectivity index (χ3n) is 1.57. The van der Waals surface area contributed by atoms with Gasteiger partial charge in [-0.2, -0.15) is 0 Å². The summed E-state index contributed by atoms with van der Waals surface area (Å²) >= 11 is 0. The van der Waals surface area contributed by atoms with Gasteiger partial charge in [0.25, 0.3) is 0 Å². The monoisotopic (exact) mass is 165 g/mol. The Labute approximate surface area is 73.2 Å². The molecule has 0 aromatic carbocycles. The Balaban J connectivity index is 2.41. The maximum Gasteiger partial charge on any atom is 0.125 e. The van der Waals surface area contributed by atoms with E-state index in [1.165, 1.54) is 0 Å². The molecule has 0 spiro atoms. The van der Waals surface area contributed by atoms with Crippen molar-refractivity contribution in [2.75, 3.05) is 6.54 Å². The number of nitrogens with zero attached hydrogens (tertiary/aromatic N) is 2. The lowest BCUT2D eigenvalue weighted by molar-refractivity contribution is 0.661. The van der Waals surface area contributed by atoms with Crippen molar-refractivity contribution in [3.63, 3.8) is 0 Å². The van der Waals surface area contributed by atoms with Crippen LogP contribution in [0.2, 0.25) is 0 Å². The van der Waals surface area contributed by atoms with Crippen molar-refractivity contribution in [1.29, 1.82) is 0 Å². The molecular weight excluding hydrogens is 150 g/mol. The number of nitrogens with one attached hydrogen (secondary N) is 1. The third kappa shape index (κ3) is 2.96. The van der Waals surface area contributed by atoms with Crippen molar-refractivity contribution >= 4 is 0 Å². The molecule has 0 radical (unpaired) electrons. The Kier molecular flexibility index (Phi) is 3.67. The van der Waals surface area contributed by atoms with Gasteiger partial charge >= 0.3 is 0 Å². The smallest absolute Gasteiger partial charge is 0.125 e. The molecule has 1 heterocycles. The number of hydrogen-bond donors (Lipinski definition) is 1. The van der Waals surface area contributed by atoms with E-state index in [1.807, 2.05) is 13.0 Å². The lowest BCUT2D eigenvalue weighted by Crippen LogP contribution is -2.15. The van der Waals surface area contributed by atoms with Crippen LogP contribution >= 0.6 is 0 Å². The van der Waals surface area contributed by atoms with Crippen molar-refractivity contribution in [1.82, 2.24) is 15.3 Å². The summed E-state index contributed by atoms with van der Waals surface area (Å²) < 4.78 is 0. The van der Waals surface area contributed by atoms with E-state index < -0.39 is 0 Å². The highest BCUT2D eigenvalue weighted by Crippen LogP contribution is 1.93. The fourth-order valence-electron chi connectivity index (χ4n) is 0.997. The molecule has 0 unspecified atom stereocenters. The second-order valence-electron chi connectivity index (χ2n) is 2.77. The summed E-state index contributed by atoms with van der Waals surface area (Å²) in [7, 11) is 0. The Morgan fingerprint density at radius 1 is 1.50 bits per heavy atom. The predicted octanol–water partition coefficient (Wildman–Crippen LogP) is 1.28. The maximum absolute atomic E-state index is 4.27. The Bertz CT molecular complexity index is 235. The zero-order chi connectivity index (χ0) is 8.81. The third-order valence-corrected chi connectivity index (χ3v) is 1.57. The number of hydrogen-bond acceptors (Lipinski definition) is 3. The zero-order valence-corrected chi connectivity index (χ0v) is 7.67. The van der Waals surface area contributed by atoms with Gasteiger partial charge in [-0.05, 0) is 26.0 Å². The lowest BCUT2D eigenvalue weighted by Gasteiger charge is -2.01. The van der Waals surface area contributed by atoms with Crippen LogP contribution in [0.15, 0.2) is 12.3 Å². The van der Waals surface area contributed by atoms with Gasteiger partial charge in [-0.15, -0.1) is 0 Å². The van der Waals surface area contributed by atoms with Crippen molar-refractivity contribution in [2.24, 2.45) is 0 Å². The van der Waals surface area contributed by atoms with E-state index in [9.17, 15) is 0 Å². The maximum atomic E-state index is 4.27. The predicted molar refractivity (Wildman–Crippen MR) is 48.8 cm³/mol. The minimum Gasteiger partial charge on any atom is -0.311 e. The van der Waals surface area contributed by atoms with E-state index in [1.54, 1.807) is 6.20 Å². The number of aromatic nitrogens is 2. The molecule has 0 aliphatic rings. The fraction of sp³-hybridized carbons (Fsp3) is 0.556. The first kappa shape index (κ1) is 9.13. The van der Waals surface area contributed by atoms with Crippen LogP contribution in [0.3, 0.4) is 0 Å². The molecule has 0 aliphatic carbocycles. The average Bonchev–Trinajstić information content (AvgIpc) is 2.05. The van der Waals surface area contributed by atoms with Crippen LogP contribution in [0.1, 0.15) is 24.9 Å². The van der Waals surface area contributed by atoms with E-state index in [-0.39, 0.29) is 0 Å². The van der Waals surface area contributed by atoms with Gasteiger partial charge in [-0.3, -0.25) is 0 Å². The molecule has 1 N–H and O–H groups in total. The largest absolute Gasteiger partial charge is 0.311 e. The second-order valence-corrected chi connectivity index (χ2v) is 2.77. The Morgan fingerprint density at radius 2 is 2.33 bits per heavy atom. The molecule has 0 saturated carbocycles. The summed E-state index contributed by atoms with van der Waals surface area (Å²) in [6.45, 7) is 5.95. The minimum atomic E-state index is 0.839. The number of aryl methyl sites for hydroxylation is 1. The first-order valence-corrected chi connectivity index (χ1v) is 4.32.